The largest absolute Gasteiger partial charge is 0.416 e. The molecule has 216 valence electrons. The number of carbonyl (C=O) groups is 1. The SMILES string of the molecule is CNC[C@@H](CC(=O)N1CCC[C@@H]([C@@](O)(CCCCOC)c2cccc(C(F)(F)F)c2)C1)CC1CCCCC1. The number of unbranched alkanes of at least 4 members (excludes halogenated alkanes) is 1. The minimum atomic E-state index is -4.48. The Morgan fingerprint density at radius 1 is 1.13 bits per heavy atom. The van der Waals surface area contributed by atoms with E-state index >= 15 is 0 Å². The van der Waals surface area contributed by atoms with Gasteiger partial charge in [0.05, 0.1) is 11.2 Å². The molecule has 1 aliphatic heterocycles. The number of carbonyl (C=O) groups excluding carboxylic acids is 1. The second-order valence-corrected chi connectivity index (χ2v) is 11.5. The smallest absolute Gasteiger partial charge is 0.385 e. The summed E-state index contributed by atoms with van der Waals surface area (Å²) >= 11 is 0. The lowest BCUT2D eigenvalue weighted by atomic mass is 9.73. The van der Waals surface area contributed by atoms with E-state index in [0.29, 0.717) is 57.7 Å². The molecular weight excluding hydrogens is 493 g/mol. The Bertz CT molecular complexity index is 859. The van der Waals surface area contributed by atoms with Gasteiger partial charge < -0.3 is 20.1 Å². The van der Waals surface area contributed by atoms with Gasteiger partial charge in [-0.3, -0.25) is 4.79 Å². The molecule has 0 unspecified atom stereocenters. The molecule has 0 aromatic heterocycles. The maximum Gasteiger partial charge on any atom is 0.416 e. The van der Waals surface area contributed by atoms with Crippen LogP contribution in [-0.4, -0.2) is 56.3 Å². The van der Waals surface area contributed by atoms with Crippen LogP contribution in [0.3, 0.4) is 0 Å². The van der Waals surface area contributed by atoms with Gasteiger partial charge in [-0.2, -0.15) is 13.2 Å². The first-order chi connectivity index (χ1) is 18.2. The van der Waals surface area contributed by atoms with Crippen molar-refractivity contribution in [1.29, 1.82) is 0 Å². The molecule has 1 heterocycles. The van der Waals surface area contributed by atoms with Crippen LogP contribution in [0.25, 0.3) is 0 Å². The van der Waals surface area contributed by atoms with Crippen molar-refractivity contribution in [1.82, 2.24) is 10.2 Å². The van der Waals surface area contributed by atoms with Gasteiger partial charge in [-0.05, 0) is 81.6 Å². The molecule has 1 saturated carbocycles. The number of piperidine rings is 1. The number of halogens is 3. The van der Waals surface area contributed by atoms with Crippen LogP contribution in [0.4, 0.5) is 13.2 Å². The monoisotopic (exact) mass is 540 g/mol. The topological polar surface area (TPSA) is 61.8 Å². The van der Waals surface area contributed by atoms with E-state index in [-0.39, 0.29) is 23.3 Å². The van der Waals surface area contributed by atoms with Crippen LogP contribution < -0.4 is 5.32 Å². The Morgan fingerprint density at radius 3 is 2.55 bits per heavy atom. The van der Waals surface area contributed by atoms with Crippen molar-refractivity contribution in [3.05, 3.63) is 35.4 Å². The average molecular weight is 541 g/mol. The first kappa shape index (κ1) is 30.9. The minimum Gasteiger partial charge on any atom is -0.385 e. The molecule has 2 aliphatic rings. The number of likely N-dealkylation sites (tertiary alicyclic amines) is 1. The summed E-state index contributed by atoms with van der Waals surface area (Å²) in [7, 11) is 3.53. The van der Waals surface area contributed by atoms with E-state index in [1.807, 2.05) is 11.9 Å². The van der Waals surface area contributed by atoms with Crippen LogP contribution >= 0.6 is 0 Å². The van der Waals surface area contributed by atoms with Crippen LogP contribution in [0.5, 0.6) is 0 Å². The molecule has 8 heteroatoms. The molecule has 1 amide bonds. The highest BCUT2D eigenvalue weighted by Gasteiger charge is 2.42. The average Bonchev–Trinajstić information content (AvgIpc) is 2.91. The highest BCUT2D eigenvalue weighted by molar-refractivity contribution is 5.76. The van der Waals surface area contributed by atoms with Crippen molar-refractivity contribution in [2.45, 2.75) is 88.8 Å². The molecule has 2 fully saturated rings. The number of hydrogen-bond acceptors (Lipinski definition) is 4. The fourth-order valence-electron chi connectivity index (χ4n) is 6.58. The van der Waals surface area contributed by atoms with Crippen LogP contribution in [0.15, 0.2) is 24.3 Å². The molecule has 1 aromatic rings. The van der Waals surface area contributed by atoms with Crippen LogP contribution in [0.2, 0.25) is 0 Å². The predicted octanol–water partition coefficient (Wildman–Crippen LogP) is 6.14. The Kier molecular flexibility index (Phi) is 11.9. The Morgan fingerprint density at radius 2 is 1.87 bits per heavy atom. The molecule has 0 spiro atoms. The summed E-state index contributed by atoms with van der Waals surface area (Å²) in [6.45, 7) is 2.33. The Balaban J connectivity index is 1.74. The number of nitrogens with zero attached hydrogens (tertiary/aromatic N) is 1. The zero-order chi connectivity index (χ0) is 27.6. The highest BCUT2D eigenvalue weighted by Crippen LogP contribution is 2.42. The highest BCUT2D eigenvalue weighted by atomic mass is 19.4. The van der Waals surface area contributed by atoms with E-state index in [1.165, 1.54) is 38.2 Å². The third-order valence-corrected chi connectivity index (χ3v) is 8.64. The fourth-order valence-corrected chi connectivity index (χ4v) is 6.58. The van der Waals surface area contributed by atoms with E-state index in [4.69, 9.17) is 4.74 Å². The number of amides is 1. The molecule has 3 rings (SSSR count). The first-order valence-electron chi connectivity index (χ1n) is 14.5. The van der Waals surface area contributed by atoms with Crippen molar-refractivity contribution < 1.29 is 27.8 Å². The van der Waals surface area contributed by atoms with Gasteiger partial charge in [0, 0.05) is 39.1 Å². The first-order valence-corrected chi connectivity index (χ1v) is 14.5. The van der Waals surface area contributed by atoms with E-state index in [1.54, 1.807) is 13.2 Å². The zero-order valence-electron chi connectivity index (χ0n) is 23.2. The summed E-state index contributed by atoms with van der Waals surface area (Å²) in [6, 6.07) is 5.10. The predicted molar refractivity (Wildman–Crippen MR) is 144 cm³/mol. The van der Waals surface area contributed by atoms with Crippen molar-refractivity contribution in [2.24, 2.45) is 17.8 Å². The molecule has 1 aliphatic carbocycles. The second-order valence-electron chi connectivity index (χ2n) is 11.5. The molecule has 5 nitrogen and oxygen atoms in total. The third kappa shape index (κ3) is 8.68. The summed E-state index contributed by atoms with van der Waals surface area (Å²) in [4.78, 5) is 15.3. The zero-order valence-corrected chi connectivity index (χ0v) is 23.2. The maximum atomic E-state index is 13.5. The third-order valence-electron chi connectivity index (χ3n) is 8.64. The Labute approximate surface area is 226 Å². The van der Waals surface area contributed by atoms with Gasteiger partial charge in [0.15, 0.2) is 0 Å². The molecule has 3 atom stereocenters. The lowest BCUT2D eigenvalue weighted by Crippen LogP contribution is -2.48. The molecule has 38 heavy (non-hydrogen) atoms. The van der Waals surface area contributed by atoms with Crippen molar-refractivity contribution >= 4 is 5.91 Å². The summed E-state index contributed by atoms with van der Waals surface area (Å²) in [6.07, 6.45) is 6.44. The van der Waals surface area contributed by atoms with Gasteiger partial charge in [-0.1, -0.05) is 44.2 Å². The van der Waals surface area contributed by atoms with Gasteiger partial charge in [0.25, 0.3) is 0 Å². The van der Waals surface area contributed by atoms with Crippen LogP contribution in [0, 0.1) is 17.8 Å². The number of rotatable bonds is 13. The van der Waals surface area contributed by atoms with E-state index in [2.05, 4.69) is 5.32 Å². The maximum absolute atomic E-state index is 13.5. The number of methoxy groups -OCH3 is 1. The van der Waals surface area contributed by atoms with Gasteiger partial charge in [-0.25, -0.2) is 0 Å². The van der Waals surface area contributed by atoms with Crippen molar-refractivity contribution in [3.63, 3.8) is 0 Å². The number of aliphatic hydroxyl groups is 1. The lowest BCUT2D eigenvalue weighted by Gasteiger charge is -2.43. The number of hydrogen-bond donors (Lipinski definition) is 2. The number of benzene rings is 1. The molecule has 1 aromatic carbocycles. The molecule has 0 radical (unpaired) electrons. The summed E-state index contributed by atoms with van der Waals surface area (Å²) in [5.41, 5.74) is -1.92. The molecule has 0 bridgehead atoms. The van der Waals surface area contributed by atoms with E-state index in [0.717, 1.165) is 31.5 Å². The van der Waals surface area contributed by atoms with E-state index in [9.17, 15) is 23.1 Å². The lowest BCUT2D eigenvalue weighted by molar-refractivity contribution is -0.138. The normalized spacial score (nSPS) is 21.7. The quantitative estimate of drug-likeness (QED) is 0.295. The second kappa shape index (κ2) is 14.7. The minimum absolute atomic E-state index is 0.0940. The van der Waals surface area contributed by atoms with Crippen molar-refractivity contribution in [2.75, 3.05) is 40.4 Å². The summed E-state index contributed by atoms with van der Waals surface area (Å²) < 4.78 is 45.7. The summed E-state index contributed by atoms with van der Waals surface area (Å²) in [5, 5.41) is 15.3. The van der Waals surface area contributed by atoms with Crippen molar-refractivity contribution in [3.8, 4) is 0 Å². The van der Waals surface area contributed by atoms with Gasteiger partial charge in [0.1, 0.15) is 0 Å². The summed E-state index contributed by atoms with van der Waals surface area (Å²) in [5.74, 6) is 0.721. The standard InChI is InChI=1S/C30H47F3N2O3/c1-34-21-24(18-23-10-4-3-5-11-23)19-28(36)35-16-9-14-27(22-35)29(37,15-6-7-17-38-2)25-12-8-13-26(20-25)30(31,32)33/h8,12-13,20,23-24,27,34,37H,3-7,9-11,14-19,21-22H2,1-2H3/t24-,27-,29-/m1/s1. The van der Waals surface area contributed by atoms with Crippen LogP contribution in [0.1, 0.15) is 88.2 Å². The Hall–Kier alpha value is -1.64. The fraction of sp³-hybridized carbons (Fsp3) is 0.767. The van der Waals surface area contributed by atoms with E-state index < -0.39 is 17.3 Å². The van der Waals surface area contributed by atoms with Gasteiger partial charge in [-0.15, -0.1) is 0 Å². The number of nitrogens with one attached hydrogen (secondary N) is 1. The number of ether oxygens (including phenoxy) is 1. The van der Waals surface area contributed by atoms with Crippen LogP contribution in [-0.2, 0) is 21.3 Å². The molecule has 2 N–H and O–H groups in total. The molecular formula is C30H47F3N2O3. The van der Waals surface area contributed by atoms with Gasteiger partial charge >= 0.3 is 6.18 Å². The van der Waals surface area contributed by atoms with Gasteiger partial charge in [0.2, 0.25) is 5.91 Å². The molecule has 1 saturated heterocycles. The number of alkyl halides is 3.